The number of amides is 1. The molecule has 1 aromatic carbocycles. The number of nitrogens with one attached hydrogen (secondary N) is 1. The standard InChI is InChI=1S/C11H9BrN2O3/c1-2-17-11(16)10(15)14-9-4-3-7(6-13)5-8(9)12/h3-5H,2H2,1H3,(H,14,15). The van der Waals surface area contributed by atoms with E-state index in [-0.39, 0.29) is 6.61 Å². The summed E-state index contributed by atoms with van der Waals surface area (Å²) in [4.78, 5) is 22.4. The van der Waals surface area contributed by atoms with E-state index in [0.29, 0.717) is 15.7 Å². The second-order valence-electron chi connectivity index (χ2n) is 2.98. The first-order valence-corrected chi connectivity index (χ1v) is 5.55. The Hall–Kier alpha value is -1.87. The monoisotopic (exact) mass is 296 g/mol. The van der Waals surface area contributed by atoms with Crippen molar-refractivity contribution in [1.82, 2.24) is 0 Å². The van der Waals surface area contributed by atoms with Crippen LogP contribution in [0.5, 0.6) is 0 Å². The molecule has 0 saturated carbocycles. The highest BCUT2D eigenvalue weighted by Crippen LogP contribution is 2.23. The molecule has 1 rings (SSSR count). The highest BCUT2D eigenvalue weighted by molar-refractivity contribution is 9.10. The van der Waals surface area contributed by atoms with E-state index in [2.05, 4.69) is 26.0 Å². The third-order valence-corrected chi connectivity index (χ3v) is 2.46. The molecule has 1 aromatic rings. The number of rotatable bonds is 2. The Balaban J connectivity index is 2.79. The van der Waals surface area contributed by atoms with Crippen LogP contribution in [0.2, 0.25) is 0 Å². The second kappa shape index (κ2) is 6.01. The number of esters is 1. The van der Waals surface area contributed by atoms with Crippen molar-refractivity contribution in [2.75, 3.05) is 11.9 Å². The lowest BCUT2D eigenvalue weighted by Crippen LogP contribution is -2.25. The molecule has 88 valence electrons. The number of hydrogen-bond donors (Lipinski definition) is 1. The Morgan fingerprint density at radius 2 is 2.24 bits per heavy atom. The zero-order valence-corrected chi connectivity index (χ0v) is 10.6. The van der Waals surface area contributed by atoms with E-state index in [1.807, 2.05) is 6.07 Å². The van der Waals surface area contributed by atoms with Crippen molar-refractivity contribution in [3.05, 3.63) is 28.2 Å². The number of ether oxygens (including phenoxy) is 1. The molecule has 0 fully saturated rings. The maximum Gasteiger partial charge on any atom is 0.397 e. The molecule has 0 bridgehead atoms. The van der Waals surface area contributed by atoms with Crippen molar-refractivity contribution < 1.29 is 14.3 Å². The largest absolute Gasteiger partial charge is 0.459 e. The summed E-state index contributed by atoms with van der Waals surface area (Å²) in [6.45, 7) is 1.75. The maximum absolute atomic E-state index is 11.3. The molecule has 17 heavy (non-hydrogen) atoms. The van der Waals surface area contributed by atoms with Crippen LogP contribution in [-0.4, -0.2) is 18.5 Å². The Labute approximate surface area is 107 Å². The molecule has 1 N–H and O–H groups in total. The number of nitriles is 1. The lowest BCUT2D eigenvalue weighted by Gasteiger charge is -2.06. The third-order valence-electron chi connectivity index (χ3n) is 1.81. The van der Waals surface area contributed by atoms with Crippen LogP contribution in [0.4, 0.5) is 5.69 Å². The average Bonchev–Trinajstić information content (AvgIpc) is 2.31. The van der Waals surface area contributed by atoms with Gasteiger partial charge in [0.25, 0.3) is 0 Å². The van der Waals surface area contributed by atoms with Crippen molar-refractivity contribution in [1.29, 1.82) is 5.26 Å². The van der Waals surface area contributed by atoms with Crippen LogP contribution in [0.1, 0.15) is 12.5 Å². The van der Waals surface area contributed by atoms with Crippen LogP contribution in [-0.2, 0) is 14.3 Å². The van der Waals surface area contributed by atoms with Crippen LogP contribution in [0.15, 0.2) is 22.7 Å². The maximum atomic E-state index is 11.3. The summed E-state index contributed by atoms with van der Waals surface area (Å²) in [5, 5.41) is 11.0. The van der Waals surface area contributed by atoms with Gasteiger partial charge >= 0.3 is 11.9 Å². The van der Waals surface area contributed by atoms with Gasteiger partial charge in [0.05, 0.1) is 23.9 Å². The molecule has 0 atom stereocenters. The fourth-order valence-electron chi connectivity index (χ4n) is 1.06. The molecular formula is C11H9BrN2O3. The van der Waals surface area contributed by atoms with Crippen molar-refractivity contribution >= 4 is 33.5 Å². The first-order chi connectivity index (χ1) is 8.08. The van der Waals surface area contributed by atoms with E-state index in [0.717, 1.165) is 0 Å². The van der Waals surface area contributed by atoms with Gasteiger partial charge in [0.1, 0.15) is 0 Å². The molecule has 0 saturated heterocycles. The quantitative estimate of drug-likeness (QED) is 0.667. The summed E-state index contributed by atoms with van der Waals surface area (Å²) in [5.41, 5.74) is 0.855. The van der Waals surface area contributed by atoms with Gasteiger partial charge in [-0.05, 0) is 41.1 Å². The van der Waals surface area contributed by atoms with Gasteiger partial charge in [0.2, 0.25) is 0 Å². The molecule has 0 heterocycles. The fraction of sp³-hybridized carbons (Fsp3) is 0.182. The molecule has 0 aromatic heterocycles. The van der Waals surface area contributed by atoms with Gasteiger partial charge in [-0.25, -0.2) is 4.79 Å². The Morgan fingerprint density at radius 3 is 2.76 bits per heavy atom. The van der Waals surface area contributed by atoms with Gasteiger partial charge < -0.3 is 10.1 Å². The molecule has 5 nitrogen and oxygen atoms in total. The van der Waals surface area contributed by atoms with Crippen LogP contribution < -0.4 is 5.32 Å². The molecule has 0 unspecified atom stereocenters. The molecule has 1 amide bonds. The van der Waals surface area contributed by atoms with Gasteiger partial charge in [0, 0.05) is 4.47 Å². The van der Waals surface area contributed by atoms with Gasteiger partial charge in [0.15, 0.2) is 0 Å². The summed E-state index contributed by atoms with van der Waals surface area (Å²) >= 11 is 3.19. The molecule has 0 aliphatic rings. The zero-order chi connectivity index (χ0) is 12.8. The normalized spacial score (nSPS) is 9.24. The minimum Gasteiger partial charge on any atom is -0.459 e. The SMILES string of the molecule is CCOC(=O)C(=O)Nc1ccc(C#N)cc1Br. The van der Waals surface area contributed by atoms with E-state index in [9.17, 15) is 9.59 Å². The van der Waals surface area contributed by atoms with Crippen molar-refractivity contribution in [3.8, 4) is 6.07 Å². The Kier molecular flexibility index (Phi) is 4.67. The molecule has 0 spiro atoms. The van der Waals surface area contributed by atoms with E-state index < -0.39 is 11.9 Å². The summed E-state index contributed by atoms with van der Waals surface area (Å²) in [6.07, 6.45) is 0. The van der Waals surface area contributed by atoms with Crippen LogP contribution in [0.25, 0.3) is 0 Å². The number of halogens is 1. The predicted octanol–water partition coefficient (Wildman–Crippen LogP) is 1.82. The van der Waals surface area contributed by atoms with Crippen molar-refractivity contribution in [2.45, 2.75) is 6.92 Å². The smallest absolute Gasteiger partial charge is 0.397 e. The van der Waals surface area contributed by atoms with Crippen LogP contribution in [0.3, 0.4) is 0 Å². The number of benzene rings is 1. The molecule has 0 radical (unpaired) electrons. The molecule has 6 heteroatoms. The number of anilines is 1. The van der Waals surface area contributed by atoms with Crippen LogP contribution >= 0.6 is 15.9 Å². The molecular weight excluding hydrogens is 288 g/mol. The summed E-state index contributed by atoms with van der Waals surface area (Å²) in [5.74, 6) is -1.79. The summed E-state index contributed by atoms with van der Waals surface area (Å²) in [7, 11) is 0. The topological polar surface area (TPSA) is 79.2 Å². The number of carbonyl (C=O) groups excluding carboxylic acids is 2. The van der Waals surface area contributed by atoms with E-state index in [4.69, 9.17) is 5.26 Å². The highest BCUT2D eigenvalue weighted by atomic mass is 79.9. The van der Waals surface area contributed by atoms with Crippen molar-refractivity contribution in [2.24, 2.45) is 0 Å². The summed E-state index contributed by atoms with van der Waals surface area (Å²) in [6, 6.07) is 6.56. The second-order valence-corrected chi connectivity index (χ2v) is 3.84. The fourth-order valence-corrected chi connectivity index (χ4v) is 1.53. The van der Waals surface area contributed by atoms with E-state index in [1.165, 1.54) is 12.1 Å². The Bertz CT molecular complexity index is 494. The minimum absolute atomic E-state index is 0.140. The molecule has 0 aliphatic heterocycles. The van der Waals surface area contributed by atoms with Crippen LogP contribution in [0, 0.1) is 11.3 Å². The predicted molar refractivity (Wildman–Crippen MR) is 64.1 cm³/mol. The van der Waals surface area contributed by atoms with Gasteiger partial charge in [-0.1, -0.05) is 0 Å². The highest BCUT2D eigenvalue weighted by Gasteiger charge is 2.15. The van der Waals surface area contributed by atoms with Gasteiger partial charge in [-0.15, -0.1) is 0 Å². The third kappa shape index (κ3) is 3.57. The number of carbonyl (C=O) groups is 2. The van der Waals surface area contributed by atoms with Gasteiger partial charge in [-0.2, -0.15) is 5.26 Å². The minimum atomic E-state index is -0.941. The average molecular weight is 297 g/mol. The summed E-state index contributed by atoms with van der Waals surface area (Å²) < 4.78 is 5.06. The Morgan fingerprint density at radius 1 is 1.53 bits per heavy atom. The first kappa shape index (κ1) is 13.2. The zero-order valence-electron chi connectivity index (χ0n) is 8.99. The number of hydrogen-bond acceptors (Lipinski definition) is 4. The lowest BCUT2D eigenvalue weighted by molar-refractivity contribution is -0.152. The first-order valence-electron chi connectivity index (χ1n) is 4.76. The van der Waals surface area contributed by atoms with E-state index >= 15 is 0 Å². The van der Waals surface area contributed by atoms with Gasteiger partial charge in [-0.3, -0.25) is 4.79 Å². The van der Waals surface area contributed by atoms with Crippen molar-refractivity contribution in [3.63, 3.8) is 0 Å². The lowest BCUT2D eigenvalue weighted by atomic mass is 10.2. The van der Waals surface area contributed by atoms with E-state index in [1.54, 1.807) is 13.0 Å². The molecule has 0 aliphatic carbocycles. The number of nitrogens with zero attached hydrogens (tertiary/aromatic N) is 1.